The first-order valence-corrected chi connectivity index (χ1v) is 7.22. The van der Waals surface area contributed by atoms with Gasteiger partial charge in [0.15, 0.2) is 0 Å². The number of likely N-dealkylation sites (tertiary alicyclic amines) is 1. The van der Waals surface area contributed by atoms with E-state index >= 15 is 0 Å². The first kappa shape index (κ1) is 14.3. The van der Waals surface area contributed by atoms with E-state index in [2.05, 4.69) is 10.6 Å². The van der Waals surface area contributed by atoms with Crippen LogP contribution in [-0.2, 0) is 4.79 Å². The van der Waals surface area contributed by atoms with E-state index in [9.17, 15) is 9.59 Å². The van der Waals surface area contributed by atoms with Gasteiger partial charge in [-0.15, -0.1) is 0 Å². The Labute approximate surface area is 114 Å². The van der Waals surface area contributed by atoms with Crippen LogP contribution in [0.3, 0.4) is 0 Å². The maximum absolute atomic E-state index is 11.7. The molecule has 1 aliphatic carbocycles. The highest BCUT2D eigenvalue weighted by Crippen LogP contribution is 2.17. The predicted octanol–water partition coefficient (Wildman–Crippen LogP) is 0.178. The van der Waals surface area contributed by atoms with Gasteiger partial charge in [0, 0.05) is 18.6 Å². The summed E-state index contributed by atoms with van der Waals surface area (Å²) in [6, 6.07) is 0.0169. The van der Waals surface area contributed by atoms with Crippen LogP contribution in [-0.4, -0.2) is 48.6 Å². The Morgan fingerprint density at radius 3 is 2.58 bits per heavy atom. The Balaban J connectivity index is 1.66. The van der Waals surface area contributed by atoms with Crippen molar-refractivity contribution in [2.75, 3.05) is 19.6 Å². The van der Waals surface area contributed by atoms with Crippen LogP contribution >= 0.6 is 0 Å². The molecule has 0 aromatic heterocycles. The van der Waals surface area contributed by atoms with E-state index < -0.39 is 0 Å². The largest absolute Gasteiger partial charge is 0.335 e. The number of nitrogens with two attached hydrogens (primary N) is 1. The number of rotatable bonds is 3. The lowest BCUT2D eigenvalue weighted by atomic mass is 10.1. The second-order valence-corrected chi connectivity index (χ2v) is 5.64. The molecular weight excluding hydrogens is 244 g/mol. The Morgan fingerprint density at radius 2 is 1.89 bits per heavy atom. The standard InChI is InChI=1S/C13H24N4O2/c14-10-4-3-7-17(8-10)9-12(18)16-13(19)15-11-5-1-2-6-11/h10-11H,1-9,14H2,(H2,15,16,18,19). The molecule has 2 aliphatic rings. The first-order valence-electron chi connectivity index (χ1n) is 7.22. The first-order chi connectivity index (χ1) is 9.13. The molecule has 2 rings (SSSR count). The molecule has 108 valence electrons. The number of hydrogen-bond donors (Lipinski definition) is 3. The highest BCUT2D eigenvalue weighted by Gasteiger charge is 2.21. The van der Waals surface area contributed by atoms with Gasteiger partial charge in [0.1, 0.15) is 0 Å². The van der Waals surface area contributed by atoms with Crippen molar-refractivity contribution < 1.29 is 9.59 Å². The molecule has 4 N–H and O–H groups in total. The Hall–Kier alpha value is -1.14. The summed E-state index contributed by atoms with van der Waals surface area (Å²) in [5, 5.41) is 5.24. The Kier molecular flexibility index (Phi) is 5.15. The molecule has 1 saturated heterocycles. The molecule has 1 heterocycles. The van der Waals surface area contributed by atoms with Gasteiger partial charge in [0.05, 0.1) is 6.54 Å². The predicted molar refractivity (Wildman–Crippen MR) is 72.6 cm³/mol. The zero-order valence-corrected chi connectivity index (χ0v) is 11.4. The van der Waals surface area contributed by atoms with E-state index in [0.717, 1.165) is 51.6 Å². The molecule has 1 aliphatic heterocycles. The molecule has 1 saturated carbocycles. The van der Waals surface area contributed by atoms with Gasteiger partial charge in [0.25, 0.3) is 0 Å². The van der Waals surface area contributed by atoms with Crippen LogP contribution < -0.4 is 16.4 Å². The average molecular weight is 268 g/mol. The molecule has 0 aromatic carbocycles. The number of carbonyl (C=O) groups excluding carboxylic acids is 2. The number of amides is 3. The van der Waals surface area contributed by atoms with Gasteiger partial charge in [-0.1, -0.05) is 12.8 Å². The average Bonchev–Trinajstić information content (AvgIpc) is 2.81. The van der Waals surface area contributed by atoms with Crippen LogP contribution in [0, 0.1) is 0 Å². The van der Waals surface area contributed by atoms with Crippen molar-refractivity contribution in [3.05, 3.63) is 0 Å². The van der Waals surface area contributed by atoms with Crippen LogP contribution in [0.5, 0.6) is 0 Å². The summed E-state index contributed by atoms with van der Waals surface area (Å²) < 4.78 is 0. The molecule has 0 radical (unpaired) electrons. The summed E-state index contributed by atoms with van der Waals surface area (Å²) in [5.41, 5.74) is 5.86. The second-order valence-electron chi connectivity index (χ2n) is 5.64. The fourth-order valence-electron chi connectivity index (χ4n) is 2.90. The van der Waals surface area contributed by atoms with Gasteiger partial charge in [-0.3, -0.25) is 15.0 Å². The topological polar surface area (TPSA) is 87.5 Å². The van der Waals surface area contributed by atoms with Crippen molar-refractivity contribution in [3.63, 3.8) is 0 Å². The molecule has 2 fully saturated rings. The molecule has 1 atom stereocenters. The number of piperidine rings is 1. The third-order valence-corrected chi connectivity index (χ3v) is 3.85. The summed E-state index contributed by atoms with van der Waals surface area (Å²) in [5.74, 6) is -0.246. The number of nitrogens with one attached hydrogen (secondary N) is 2. The van der Waals surface area contributed by atoms with Crippen molar-refractivity contribution in [1.82, 2.24) is 15.5 Å². The molecular formula is C13H24N4O2. The summed E-state index contributed by atoms with van der Waals surface area (Å²) >= 11 is 0. The van der Waals surface area contributed by atoms with Gasteiger partial charge < -0.3 is 11.1 Å². The molecule has 6 nitrogen and oxygen atoms in total. The minimum absolute atomic E-state index is 0.147. The van der Waals surface area contributed by atoms with Crippen LogP contribution in [0.2, 0.25) is 0 Å². The van der Waals surface area contributed by atoms with Crippen LogP contribution in [0.25, 0.3) is 0 Å². The molecule has 0 aromatic rings. The highest BCUT2D eigenvalue weighted by atomic mass is 16.2. The molecule has 0 bridgehead atoms. The Bertz CT molecular complexity index is 329. The minimum atomic E-state index is -0.363. The van der Waals surface area contributed by atoms with Gasteiger partial charge in [0.2, 0.25) is 5.91 Å². The highest BCUT2D eigenvalue weighted by molar-refractivity contribution is 5.95. The van der Waals surface area contributed by atoms with Crippen LogP contribution in [0.15, 0.2) is 0 Å². The van der Waals surface area contributed by atoms with E-state index in [1.54, 1.807) is 0 Å². The quantitative estimate of drug-likeness (QED) is 0.681. The lowest BCUT2D eigenvalue weighted by molar-refractivity contribution is -0.121. The van der Waals surface area contributed by atoms with E-state index in [1.165, 1.54) is 0 Å². The van der Waals surface area contributed by atoms with Crippen molar-refractivity contribution in [1.29, 1.82) is 0 Å². The number of imide groups is 1. The number of hydrogen-bond acceptors (Lipinski definition) is 4. The van der Waals surface area contributed by atoms with Crippen LogP contribution in [0.1, 0.15) is 38.5 Å². The lowest BCUT2D eigenvalue weighted by Crippen LogP contribution is -2.50. The monoisotopic (exact) mass is 268 g/mol. The SMILES string of the molecule is NC1CCCN(CC(=O)NC(=O)NC2CCCC2)C1. The molecule has 0 spiro atoms. The lowest BCUT2D eigenvalue weighted by Gasteiger charge is -2.29. The minimum Gasteiger partial charge on any atom is -0.335 e. The van der Waals surface area contributed by atoms with Crippen molar-refractivity contribution in [2.45, 2.75) is 50.6 Å². The van der Waals surface area contributed by atoms with Gasteiger partial charge in [-0.25, -0.2) is 4.79 Å². The number of carbonyl (C=O) groups is 2. The summed E-state index contributed by atoms with van der Waals surface area (Å²) in [6.45, 7) is 1.87. The fourth-order valence-corrected chi connectivity index (χ4v) is 2.90. The molecule has 1 unspecified atom stereocenters. The van der Waals surface area contributed by atoms with Crippen molar-refractivity contribution >= 4 is 11.9 Å². The fraction of sp³-hybridized carbons (Fsp3) is 0.846. The second kappa shape index (κ2) is 6.86. The maximum Gasteiger partial charge on any atom is 0.321 e. The third kappa shape index (κ3) is 4.80. The van der Waals surface area contributed by atoms with Crippen molar-refractivity contribution in [3.8, 4) is 0 Å². The van der Waals surface area contributed by atoms with E-state index in [4.69, 9.17) is 5.73 Å². The molecule has 19 heavy (non-hydrogen) atoms. The summed E-state index contributed by atoms with van der Waals surface area (Å²) in [6.07, 6.45) is 6.38. The zero-order chi connectivity index (χ0) is 13.7. The zero-order valence-electron chi connectivity index (χ0n) is 11.4. The summed E-state index contributed by atoms with van der Waals surface area (Å²) in [7, 11) is 0. The van der Waals surface area contributed by atoms with E-state index in [0.29, 0.717) is 0 Å². The van der Waals surface area contributed by atoms with Crippen molar-refractivity contribution in [2.24, 2.45) is 5.73 Å². The van der Waals surface area contributed by atoms with Gasteiger partial charge >= 0.3 is 6.03 Å². The van der Waals surface area contributed by atoms with Crippen LogP contribution in [0.4, 0.5) is 4.79 Å². The molecule has 3 amide bonds. The smallest absolute Gasteiger partial charge is 0.321 e. The molecule has 6 heteroatoms. The summed E-state index contributed by atoms with van der Waals surface area (Å²) in [4.78, 5) is 25.4. The number of urea groups is 1. The normalized spacial score (nSPS) is 25.2. The maximum atomic E-state index is 11.7. The van der Waals surface area contributed by atoms with E-state index in [1.807, 2.05) is 4.90 Å². The Morgan fingerprint density at radius 1 is 1.16 bits per heavy atom. The van der Waals surface area contributed by atoms with E-state index in [-0.39, 0.29) is 30.6 Å². The van der Waals surface area contributed by atoms with Gasteiger partial charge in [-0.05, 0) is 32.2 Å². The van der Waals surface area contributed by atoms with Gasteiger partial charge in [-0.2, -0.15) is 0 Å². The third-order valence-electron chi connectivity index (χ3n) is 3.85. The number of nitrogens with zero attached hydrogens (tertiary/aromatic N) is 1.